The molecule has 7 heteroatoms. The summed E-state index contributed by atoms with van der Waals surface area (Å²) in [6.07, 6.45) is 0. The molecular weight excluding hydrogens is 265 g/mol. The molecule has 1 aromatic rings. The molecule has 0 radical (unpaired) electrons. The highest BCUT2D eigenvalue weighted by atomic mass is 79.9. The lowest BCUT2D eigenvalue weighted by molar-refractivity contribution is 0.462. The normalized spacial score (nSPS) is 11.3. The molecule has 4 nitrogen and oxygen atoms in total. The predicted molar refractivity (Wildman–Crippen MR) is 47.8 cm³/mol. The minimum atomic E-state index is -4.18. The van der Waals surface area contributed by atoms with Gasteiger partial charge < -0.3 is 4.18 Å². The highest BCUT2D eigenvalue weighted by Gasteiger charge is 2.10. The molecule has 72 valence electrons. The maximum Gasteiger partial charge on any atom is 0.380 e. The average molecular weight is 270 g/mol. The number of nitrogens with two attached hydrogens (primary N) is 1. The zero-order valence-electron chi connectivity index (χ0n) is 6.20. The van der Waals surface area contributed by atoms with Crippen molar-refractivity contribution in [2.24, 2.45) is 5.14 Å². The van der Waals surface area contributed by atoms with Gasteiger partial charge in [-0.15, -0.1) is 0 Å². The van der Waals surface area contributed by atoms with Gasteiger partial charge in [-0.2, -0.15) is 13.6 Å². The Balaban J connectivity index is 3.08. The van der Waals surface area contributed by atoms with Gasteiger partial charge in [0.1, 0.15) is 0 Å². The van der Waals surface area contributed by atoms with E-state index >= 15 is 0 Å². The largest absolute Gasteiger partial charge is 0.380 e. The average Bonchev–Trinajstić information content (AvgIpc) is 1.94. The van der Waals surface area contributed by atoms with Crippen molar-refractivity contribution in [1.29, 1.82) is 0 Å². The van der Waals surface area contributed by atoms with Crippen molar-refractivity contribution < 1.29 is 17.0 Å². The van der Waals surface area contributed by atoms with E-state index in [-0.39, 0.29) is 0 Å². The first-order valence-corrected chi connectivity index (χ1v) is 5.32. The lowest BCUT2D eigenvalue weighted by Crippen LogP contribution is -2.19. The molecule has 1 rings (SSSR count). The minimum absolute atomic E-state index is 0.433. The van der Waals surface area contributed by atoms with Gasteiger partial charge in [-0.25, -0.2) is 4.39 Å². The van der Waals surface area contributed by atoms with Crippen LogP contribution in [0.1, 0.15) is 0 Å². The van der Waals surface area contributed by atoms with Crippen LogP contribution in [0.4, 0.5) is 4.39 Å². The summed E-state index contributed by atoms with van der Waals surface area (Å²) in [5, 5.41) is 4.55. The van der Waals surface area contributed by atoms with E-state index in [4.69, 9.17) is 0 Å². The quantitative estimate of drug-likeness (QED) is 0.877. The third-order valence-corrected chi connectivity index (χ3v) is 2.00. The lowest BCUT2D eigenvalue weighted by atomic mass is 10.3. The first-order valence-electron chi connectivity index (χ1n) is 3.06. The van der Waals surface area contributed by atoms with Gasteiger partial charge in [-0.1, -0.05) is 15.9 Å². The monoisotopic (exact) mass is 269 g/mol. The summed E-state index contributed by atoms with van der Waals surface area (Å²) in [5.74, 6) is -1.23. The second-order valence-corrected chi connectivity index (χ2v) is 4.22. The predicted octanol–water partition coefficient (Wildman–Crippen LogP) is 1.17. The van der Waals surface area contributed by atoms with Crippen LogP contribution in [0.15, 0.2) is 22.7 Å². The van der Waals surface area contributed by atoms with Gasteiger partial charge in [0.2, 0.25) is 0 Å². The molecule has 0 amide bonds. The van der Waals surface area contributed by atoms with E-state index in [9.17, 15) is 12.8 Å². The zero-order valence-corrected chi connectivity index (χ0v) is 8.60. The van der Waals surface area contributed by atoms with Crippen molar-refractivity contribution in [3.63, 3.8) is 0 Å². The Bertz CT molecular complexity index is 420. The fraction of sp³-hybridized carbons (Fsp3) is 0. The van der Waals surface area contributed by atoms with E-state index in [0.29, 0.717) is 4.47 Å². The van der Waals surface area contributed by atoms with E-state index in [2.05, 4.69) is 25.3 Å². The molecule has 0 unspecified atom stereocenters. The Morgan fingerprint density at radius 2 is 2.08 bits per heavy atom. The maximum atomic E-state index is 12.8. The molecule has 0 aliphatic rings. The third-order valence-electron chi connectivity index (χ3n) is 1.10. The van der Waals surface area contributed by atoms with Crippen LogP contribution in [0.2, 0.25) is 0 Å². The van der Waals surface area contributed by atoms with Crippen LogP contribution in [0.25, 0.3) is 0 Å². The van der Waals surface area contributed by atoms with Crippen LogP contribution in [0.5, 0.6) is 5.75 Å². The summed E-state index contributed by atoms with van der Waals surface area (Å²) < 4.78 is 38.4. The zero-order chi connectivity index (χ0) is 10.1. The molecular formula is C6H5BrFNO3S. The van der Waals surface area contributed by atoms with Gasteiger partial charge in [0, 0.05) is 4.47 Å². The van der Waals surface area contributed by atoms with E-state index in [1.165, 1.54) is 12.1 Å². The Morgan fingerprint density at radius 1 is 1.46 bits per heavy atom. The Hall–Kier alpha value is -0.660. The Morgan fingerprint density at radius 3 is 2.62 bits per heavy atom. The van der Waals surface area contributed by atoms with Gasteiger partial charge in [-0.3, -0.25) is 0 Å². The third kappa shape index (κ3) is 3.29. The van der Waals surface area contributed by atoms with Crippen molar-refractivity contribution in [2.45, 2.75) is 0 Å². The molecule has 0 spiro atoms. The standard InChI is InChI=1S/C6H5BrFNO3S/c7-4-1-2-5(8)6(3-4)12-13(9,10)11/h1-3H,(H2,9,10,11). The molecule has 0 bridgehead atoms. The fourth-order valence-corrected chi connectivity index (χ4v) is 1.38. The number of benzene rings is 1. The smallest absolute Gasteiger partial charge is 0.368 e. The van der Waals surface area contributed by atoms with Gasteiger partial charge >= 0.3 is 10.3 Å². The van der Waals surface area contributed by atoms with Crippen molar-refractivity contribution in [3.05, 3.63) is 28.5 Å². The molecule has 0 atom stereocenters. The number of rotatable bonds is 2. The molecule has 13 heavy (non-hydrogen) atoms. The summed E-state index contributed by atoms with van der Waals surface area (Å²) >= 11 is 3.02. The molecule has 1 aromatic carbocycles. The second-order valence-electron chi connectivity index (χ2n) is 2.15. The van der Waals surface area contributed by atoms with Crippen molar-refractivity contribution in [1.82, 2.24) is 0 Å². The Kier molecular flexibility index (Phi) is 2.89. The van der Waals surface area contributed by atoms with Crippen LogP contribution in [0.3, 0.4) is 0 Å². The minimum Gasteiger partial charge on any atom is -0.368 e. The highest BCUT2D eigenvalue weighted by Crippen LogP contribution is 2.22. The van der Waals surface area contributed by atoms with Crippen molar-refractivity contribution in [3.8, 4) is 5.75 Å². The maximum absolute atomic E-state index is 12.8. The van der Waals surface area contributed by atoms with Crippen LogP contribution < -0.4 is 9.32 Å². The van der Waals surface area contributed by atoms with Crippen molar-refractivity contribution >= 4 is 26.2 Å². The van der Waals surface area contributed by atoms with E-state index < -0.39 is 21.9 Å². The fourth-order valence-electron chi connectivity index (χ4n) is 0.666. The molecule has 2 N–H and O–H groups in total. The number of hydrogen-bond acceptors (Lipinski definition) is 3. The summed E-state index contributed by atoms with van der Waals surface area (Å²) in [7, 11) is -4.18. The molecule has 0 saturated heterocycles. The second kappa shape index (κ2) is 3.60. The molecule has 0 fully saturated rings. The topological polar surface area (TPSA) is 69.4 Å². The van der Waals surface area contributed by atoms with E-state index in [1.807, 2.05) is 0 Å². The van der Waals surface area contributed by atoms with Gasteiger partial charge in [0.25, 0.3) is 0 Å². The highest BCUT2D eigenvalue weighted by molar-refractivity contribution is 9.10. The van der Waals surface area contributed by atoms with Gasteiger partial charge in [0.15, 0.2) is 11.6 Å². The van der Waals surface area contributed by atoms with Crippen LogP contribution in [0, 0.1) is 5.82 Å². The van der Waals surface area contributed by atoms with Crippen LogP contribution in [-0.2, 0) is 10.3 Å². The van der Waals surface area contributed by atoms with Gasteiger partial charge in [-0.05, 0) is 18.2 Å². The Labute approximate surface area is 82.9 Å². The van der Waals surface area contributed by atoms with E-state index in [1.54, 1.807) is 0 Å². The number of hydrogen-bond donors (Lipinski definition) is 1. The van der Waals surface area contributed by atoms with Crippen LogP contribution in [-0.4, -0.2) is 8.42 Å². The molecule has 0 aliphatic carbocycles. The number of halogens is 2. The summed E-state index contributed by atoms with van der Waals surface area (Å²) in [6.45, 7) is 0. The molecule has 0 saturated carbocycles. The lowest BCUT2D eigenvalue weighted by Gasteiger charge is -2.03. The summed E-state index contributed by atoms with van der Waals surface area (Å²) in [4.78, 5) is 0. The summed E-state index contributed by atoms with van der Waals surface area (Å²) in [6, 6.07) is 3.63. The van der Waals surface area contributed by atoms with Crippen LogP contribution >= 0.6 is 15.9 Å². The summed E-state index contributed by atoms with van der Waals surface area (Å²) in [5.41, 5.74) is 0. The SMILES string of the molecule is NS(=O)(=O)Oc1cc(Br)ccc1F. The first-order chi connectivity index (χ1) is 5.88. The van der Waals surface area contributed by atoms with E-state index in [0.717, 1.165) is 6.07 Å². The van der Waals surface area contributed by atoms with Gasteiger partial charge in [0.05, 0.1) is 0 Å². The molecule has 0 aromatic heterocycles. The first kappa shape index (κ1) is 10.4. The molecule has 0 heterocycles. The van der Waals surface area contributed by atoms with Crippen molar-refractivity contribution in [2.75, 3.05) is 0 Å². The molecule has 0 aliphatic heterocycles.